The molecule has 2 nitrogen and oxygen atoms in total. The van der Waals surface area contributed by atoms with Crippen LogP contribution in [-0.4, -0.2) is 28.4 Å². The fraction of sp³-hybridized carbons (Fsp3) is 0.193. The molecule has 9 aromatic carbocycles. The van der Waals surface area contributed by atoms with Crippen molar-refractivity contribution >= 4 is 34.7 Å². The molecule has 12 aliphatic rings. The summed E-state index contributed by atoms with van der Waals surface area (Å²) < 4.78 is 59.8. The number of thioether (sulfide) groups is 1. The van der Waals surface area contributed by atoms with Crippen molar-refractivity contribution in [3.8, 4) is 33.4 Å². The van der Waals surface area contributed by atoms with Crippen molar-refractivity contribution in [1.82, 2.24) is 4.90 Å². The average Bonchev–Trinajstić information content (AvgIpc) is 1.54. The van der Waals surface area contributed by atoms with Crippen LogP contribution in [0, 0.1) is 29.4 Å². The molecule has 0 bridgehead atoms. The van der Waals surface area contributed by atoms with E-state index in [2.05, 4.69) is 296 Å². The number of hydrogen-bond donors (Lipinski definition) is 0. The third-order valence-electron chi connectivity index (χ3n) is 28.0. The zero-order chi connectivity index (χ0) is 81.5. The summed E-state index contributed by atoms with van der Waals surface area (Å²) in [5, 5.41) is 0.128. The van der Waals surface area contributed by atoms with Crippen molar-refractivity contribution < 1.29 is 17.6 Å². The van der Waals surface area contributed by atoms with Crippen LogP contribution >= 0.6 is 11.8 Å². The maximum Gasteiger partial charge on any atom is 0.123 e. The second-order valence-corrected chi connectivity index (χ2v) is 35.7. The van der Waals surface area contributed by atoms with E-state index in [1.807, 2.05) is 54.3 Å². The molecule has 0 amide bonds. The van der Waals surface area contributed by atoms with Crippen LogP contribution in [0.2, 0.25) is 0 Å². The van der Waals surface area contributed by atoms with Gasteiger partial charge in [0.1, 0.15) is 23.6 Å². The zero-order valence-corrected chi connectivity index (χ0v) is 68.6. The number of hydrogen-bond acceptors (Lipinski definition) is 3. The van der Waals surface area contributed by atoms with E-state index in [-0.39, 0.29) is 46.6 Å². The van der Waals surface area contributed by atoms with Crippen molar-refractivity contribution in [3.63, 3.8) is 0 Å². The van der Waals surface area contributed by atoms with Gasteiger partial charge in [0.05, 0.1) is 22.9 Å². The first-order chi connectivity index (χ1) is 59.4. The topological polar surface area (TPSA) is 6.48 Å². The molecule has 7 heteroatoms. The van der Waals surface area contributed by atoms with E-state index >= 15 is 8.78 Å². The van der Waals surface area contributed by atoms with Crippen molar-refractivity contribution in [2.75, 3.05) is 4.90 Å². The highest BCUT2D eigenvalue weighted by atomic mass is 32.2. The molecule has 1 aliphatic heterocycles. The van der Waals surface area contributed by atoms with Crippen molar-refractivity contribution in [2.45, 2.75) is 117 Å². The summed E-state index contributed by atoms with van der Waals surface area (Å²) in [4.78, 5) is 6.78. The fourth-order valence-corrected chi connectivity index (χ4v) is 23.4. The average molecular weight is 1600 g/mol. The summed E-state index contributed by atoms with van der Waals surface area (Å²) >= 11 is 2.04. The van der Waals surface area contributed by atoms with Crippen LogP contribution < -0.4 is 4.90 Å². The zero-order valence-electron chi connectivity index (χ0n) is 67.8. The van der Waals surface area contributed by atoms with E-state index in [1.165, 1.54) is 84.2 Å². The van der Waals surface area contributed by atoms with Gasteiger partial charge in [-0.25, -0.2) is 17.6 Å². The molecule has 0 spiro atoms. The lowest BCUT2D eigenvalue weighted by Crippen LogP contribution is -2.43. The van der Waals surface area contributed by atoms with Gasteiger partial charge in [0.25, 0.3) is 0 Å². The minimum Gasteiger partial charge on any atom is -0.358 e. The second kappa shape index (κ2) is 31.7. The molecule has 1 heterocycles. The summed E-state index contributed by atoms with van der Waals surface area (Å²) in [5.74, 6) is 0.662. The minimum atomic E-state index is -1.04. The van der Waals surface area contributed by atoms with Crippen LogP contribution in [0.15, 0.2) is 421 Å². The minimum absolute atomic E-state index is 0.0436. The standard InChI is InChI=1S/C114H94F4N2S/c1-3-73-19-23-75(24-20-73)77-27-39-87(40-28-77)113(89-43-51-93(117)52-44-89)107-17-7-5-15-101(107)103-63-59-97(69-109(103)113)119(95-55-35-81(36-56-95)85-13-9-11-83(67-85)79-31-47-91(115)48-32-79)99-61-65-105-106-66-62-100(72-112(106)121-111(105)71-99)120(96-57-37-82(38-58-96)86-14-10-12-84(68-86)80-33-49-92(116)50-34-80)98-60-64-104-102-16-6-8-18-108(102)114(110(104)70-98,90-45-53-94(118)54-46-90)88-41-29-78(30-42-88)76-25-21-74(4-2)22-26-76/h3-25,27-29,31-33,35-36,39-53,55,57,59,61-63,65-70,72,76,78,80,82,94-95,99,106,112H,1-2,26,30,34,37-38,54,56,58,60,64,71H2. The van der Waals surface area contributed by atoms with Crippen LogP contribution in [0.25, 0.3) is 50.6 Å². The van der Waals surface area contributed by atoms with Gasteiger partial charge < -0.3 is 9.80 Å². The monoisotopic (exact) mass is 1600 g/mol. The molecule has 0 radical (unpaired) electrons. The molecule has 11 atom stereocenters. The Hall–Kier alpha value is -12.3. The van der Waals surface area contributed by atoms with Crippen LogP contribution in [-0.2, 0) is 10.8 Å². The number of anilines is 1. The summed E-state index contributed by atoms with van der Waals surface area (Å²) in [6.45, 7) is 8.07. The van der Waals surface area contributed by atoms with E-state index in [9.17, 15) is 8.78 Å². The largest absolute Gasteiger partial charge is 0.358 e. The molecular formula is C114H94F4N2S. The number of allylic oxidation sites excluding steroid dienone is 29. The number of nitrogens with zero attached hydrogens (tertiary/aromatic N) is 2. The van der Waals surface area contributed by atoms with E-state index in [4.69, 9.17) is 0 Å². The molecule has 21 rings (SSSR count). The third-order valence-corrected chi connectivity index (χ3v) is 29.4. The second-order valence-electron chi connectivity index (χ2n) is 34.5. The first-order valence-electron chi connectivity index (χ1n) is 43.4. The first kappa shape index (κ1) is 76.1. The molecule has 0 aromatic heterocycles. The molecule has 11 aliphatic carbocycles. The molecule has 9 aromatic rings. The lowest BCUT2D eigenvalue weighted by molar-refractivity contribution is 0.399. The highest BCUT2D eigenvalue weighted by molar-refractivity contribution is 8.04. The van der Waals surface area contributed by atoms with E-state index < -0.39 is 17.0 Å². The smallest absolute Gasteiger partial charge is 0.123 e. The normalized spacial score (nSPS) is 25.8. The van der Waals surface area contributed by atoms with Gasteiger partial charge in [-0.1, -0.05) is 298 Å². The molecule has 0 N–H and O–H groups in total. The number of fused-ring (bicyclic) bond motifs is 7. The Kier molecular flexibility index (Phi) is 19.9. The Balaban J connectivity index is 0.648. The Bertz CT molecular complexity index is 6300. The Morgan fingerprint density at radius 1 is 0.455 bits per heavy atom. The highest BCUT2D eigenvalue weighted by Crippen LogP contribution is 2.63. The predicted octanol–water partition coefficient (Wildman–Crippen LogP) is 29.1. The maximum absolute atomic E-state index is 15.7. The lowest BCUT2D eigenvalue weighted by Gasteiger charge is -2.42. The van der Waals surface area contributed by atoms with Gasteiger partial charge in [0, 0.05) is 52.7 Å². The van der Waals surface area contributed by atoms with Crippen LogP contribution in [0.1, 0.15) is 138 Å². The Morgan fingerprint density at radius 3 is 1.83 bits per heavy atom. The quantitative estimate of drug-likeness (QED) is 0.0791. The van der Waals surface area contributed by atoms with Gasteiger partial charge in [0.15, 0.2) is 0 Å². The Labute approximate surface area is 713 Å². The summed E-state index contributed by atoms with van der Waals surface area (Å²) in [6.07, 6.45) is 62.3. The van der Waals surface area contributed by atoms with Crippen LogP contribution in [0.3, 0.4) is 0 Å². The number of rotatable bonds is 18. The number of benzene rings is 9. The Morgan fingerprint density at radius 2 is 1.13 bits per heavy atom. The molecular weight excluding hydrogens is 1510 g/mol. The molecule has 0 saturated heterocycles. The SMILES string of the molecule is C=CC1=CCC(C2C=CC(C3(C4=CCC(F)C=C4)C4=C(CCC(N(C5=CC6SC7=C(C=CC(N(c8ccc9c(c8)C(c8ccc(F)cc8)(c8ccc(-c%10ccc(C=C)cc%10)cc8)c8ccccc8-9)C8C=CC(c9cccc(-c%10ccc(F)cc%10)c9)=CC8)C7)C6C=C5)C5=CCC(c6cccc(C7C=CC(F)=CC7)c6)CC5)=C4)c4ccccc43)=CC2)C=C1. The molecule has 0 fully saturated rings. The molecule has 594 valence electrons. The van der Waals surface area contributed by atoms with Crippen LogP contribution in [0.5, 0.6) is 0 Å². The number of halogens is 4. The van der Waals surface area contributed by atoms with Gasteiger partial charge in [-0.15, -0.1) is 11.8 Å². The summed E-state index contributed by atoms with van der Waals surface area (Å²) in [7, 11) is 0. The van der Waals surface area contributed by atoms with Crippen molar-refractivity contribution in [2.24, 2.45) is 17.8 Å². The van der Waals surface area contributed by atoms with E-state index in [1.54, 1.807) is 30.4 Å². The van der Waals surface area contributed by atoms with Gasteiger partial charge >= 0.3 is 0 Å². The molecule has 0 saturated carbocycles. The lowest BCUT2D eigenvalue weighted by atomic mass is 9.62. The van der Waals surface area contributed by atoms with Gasteiger partial charge in [0.2, 0.25) is 0 Å². The number of alkyl halides is 1. The van der Waals surface area contributed by atoms with Crippen molar-refractivity contribution in [3.05, 3.63) is 488 Å². The first-order valence-corrected chi connectivity index (χ1v) is 44.3. The van der Waals surface area contributed by atoms with Gasteiger partial charge in [-0.2, -0.15) is 0 Å². The van der Waals surface area contributed by atoms with Crippen LogP contribution in [0.4, 0.5) is 23.2 Å². The van der Waals surface area contributed by atoms with Crippen molar-refractivity contribution in [1.29, 1.82) is 0 Å². The third kappa shape index (κ3) is 13.6. The summed E-state index contributed by atoms with van der Waals surface area (Å²) in [5.41, 5.74) is 30.5. The van der Waals surface area contributed by atoms with E-state index in [0.29, 0.717) is 30.6 Å². The summed E-state index contributed by atoms with van der Waals surface area (Å²) in [6, 6.07) is 74.2. The predicted molar refractivity (Wildman–Crippen MR) is 494 cm³/mol. The van der Waals surface area contributed by atoms with E-state index in [0.717, 1.165) is 141 Å². The fourth-order valence-electron chi connectivity index (χ4n) is 21.9. The van der Waals surface area contributed by atoms with Gasteiger partial charge in [-0.05, 0) is 281 Å². The molecule has 11 unspecified atom stereocenters. The highest BCUT2D eigenvalue weighted by Gasteiger charge is 2.52. The maximum atomic E-state index is 15.7. The van der Waals surface area contributed by atoms with Gasteiger partial charge in [-0.3, -0.25) is 0 Å². The molecule has 121 heavy (non-hydrogen) atoms.